The Hall–Kier alpha value is -3.00. The van der Waals surface area contributed by atoms with Gasteiger partial charge in [0, 0.05) is 19.2 Å². The van der Waals surface area contributed by atoms with Crippen molar-refractivity contribution in [1.29, 1.82) is 0 Å². The molecule has 0 aliphatic carbocycles. The van der Waals surface area contributed by atoms with Crippen molar-refractivity contribution in [2.24, 2.45) is 0 Å². The molecule has 130 valence electrons. The number of rotatable bonds is 4. The number of H-pyrrole nitrogens is 1. The van der Waals surface area contributed by atoms with E-state index < -0.39 is 35.4 Å². The lowest BCUT2D eigenvalue weighted by atomic mass is 10.0. The summed E-state index contributed by atoms with van der Waals surface area (Å²) in [7, 11) is 0. The molecular formula is C17H15FN2O5. The number of aromatic nitrogens is 2. The van der Waals surface area contributed by atoms with E-state index in [9.17, 15) is 18.8 Å². The molecule has 0 saturated heterocycles. The van der Waals surface area contributed by atoms with Crippen LogP contribution in [0.25, 0.3) is 5.57 Å². The number of carbonyl (C=O) groups excluding carboxylic acids is 1. The lowest BCUT2D eigenvalue weighted by Crippen LogP contribution is -2.32. The highest BCUT2D eigenvalue weighted by atomic mass is 19.1. The van der Waals surface area contributed by atoms with E-state index in [-0.39, 0.29) is 6.61 Å². The second-order valence-electron chi connectivity index (χ2n) is 5.47. The summed E-state index contributed by atoms with van der Waals surface area (Å²) in [6.45, 7) is 1.19. The lowest BCUT2D eigenvalue weighted by molar-refractivity contribution is -0.144. The number of carbonyl (C=O) groups is 1. The van der Waals surface area contributed by atoms with E-state index >= 15 is 0 Å². The number of esters is 1. The Morgan fingerprint density at radius 3 is 2.84 bits per heavy atom. The van der Waals surface area contributed by atoms with Crippen LogP contribution < -0.4 is 11.2 Å². The van der Waals surface area contributed by atoms with Crippen molar-refractivity contribution in [3.8, 4) is 0 Å². The number of nitrogens with one attached hydrogen (secondary N) is 1. The standard InChI is InChI=1S/C17H15FN2O5/c1-10(21)24-9-14-13(11-3-2-4-12(18)7-11)8-16(25-14)20-6-5-15(22)19-17(20)23/h2-8,14,16H,9H2,1H3,(H,19,22,23)/t14-,16-/m1/s1. The van der Waals surface area contributed by atoms with Crippen LogP contribution >= 0.6 is 0 Å². The number of aromatic amines is 1. The third-order valence-electron chi connectivity index (χ3n) is 3.69. The number of benzene rings is 1. The van der Waals surface area contributed by atoms with Crippen LogP contribution in [-0.2, 0) is 14.3 Å². The maximum Gasteiger partial charge on any atom is 0.330 e. The summed E-state index contributed by atoms with van der Waals surface area (Å²) >= 11 is 0. The van der Waals surface area contributed by atoms with Crippen molar-refractivity contribution in [3.63, 3.8) is 0 Å². The van der Waals surface area contributed by atoms with Gasteiger partial charge in [-0.05, 0) is 29.3 Å². The van der Waals surface area contributed by atoms with Gasteiger partial charge in [-0.15, -0.1) is 0 Å². The van der Waals surface area contributed by atoms with Crippen LogP contribution in [0.1, 0.15) is 18.7 Å². The first-order chi connectivity index (χ1) is 11.9. The summed E-state index contributed by atoms with van der Waals surface area (Å²) in [4.78, 5) is 36.4. The van der Waals surface area contributed by atoms with Gasteiger partial charge in [-0.3, -0.25) is 19.1 Å². The molecule has 2 aromatic rings. The molecule has 1 N–H and O–H groups in total. The zero-order chi connectivity index (χ0) is 18.0. The van der Waals surface area contributed by atoms with Crippen LogP contribution in [0.5, 0.6) is 0 Å². The first-order valence-corrected chi connectivity index (χ1v) is 7.52. The van der Waals surface area contributed by atoms with E-state index in [1.54, 1.807) is 18.2 Å². The highest BCUT2D eigenvalue weighted by Gasteiger charge is 2.30. The summed E-state index contributed by atoms with van der Waals surface area (Å²) < 4.78 is 25.5. The second-order valence-corrected chi connectivity index (χ2v) is 5.47. The SMILES string of the molecule is CC(=O)OC[C@H]1O[C@@H](n2ccc(=O)[nH]c2=O)C=C1c1cccc(F)c1. The minimum Gasteiger partial charge on any atom is -0.463 e. The molecule has 7 nitrogen and oxygen atoms in total. The van der Waals surface area contributed by atoms with Crippen molar-refractivity contribution < 1.29 is 18.7 Å². The third-order valence-corrected chi connectivity index (χ3v) is 3.69. The Bertz CT molecular complexity index is 946. The molecule has 0 bridgehead atoms. The van der Waals surface area contributed by atoms with Crippen LogP contribution in [0, 0.1) is 5.82 Å². The van der Waals surface area contributed by atoms with E-state index in [0.29, 0.717) is 11.1 Å². The fourth-order valence-electron chi connectivity index (χ4n) is 2.59. The predicted octanol–water partition coefficient (Wildman–Crippen LogP) is 1.22. The van der Waals surface area contributed by atoms with E-state index in [0.717, 1.165) is 0 Å². The summed E-state index contributed by atoms with van der Waals surface area (Å²) in [5.74, 6) is -0.902. The molecule has 0 radical (unpaired) electrons. The second kappa shape index (κ2) is 6.86. The molecule has 0 saturated carbocycles. The van der Waals surface area contributed by atoms with E-state index in [1.165, 1.54) is 35.9 Å². The van der Waals surface area contributed by atoms with Gasteiger partial charge in [0.15, 0.2) is 6.23 Å². The summed E-state index contributed by atoms with van der Waals surface area (Å²) in [6.07, 6.45) is 1.44. The Morgan fingerprint density at radius 2 is 2.16 bits per heavy atom. The van der Waals surface area contributed by atoms with Crippen molar-refractivity contribution in [3.05, 3.63) is 74.8 Å². The molecule has 0 unspecified atom stereocenters. The van der Waals surface area contributed by atoms with Gasteiger partial charge >= 0.3 is 11.7 Å². The molecule has 8 heteroatoms. The zero-order valence-corrected chi connectivity index (χ0v) is 13.3. The molecule has 2 heterocycles. The molecule has 1 aliphatic heterocycles. The van der Waals surface area contributed by atoms with Crippen LogP contribution in [0.4, 0.5) is 4.39 Å². The van der Waals surface area contributed by atoms with Gasteiger partial charge in [-0.2, -0.15) is 0 Å². The monoisotopic (exact) mass is 346 g/mol. The predicted molar refractivity (Wildman–Crippen MR) is 86.2 cm³/mol. The largest absolute Gasteiger partial charge is 0.463 e. The van der Waals surface area contributed by atoms with Gasteiger partial charge < -0.3 is 9.47 Å². The topological polar surface area (TPSA) is 90.4 Å². The smallest absolute Gasteiger partial charge is 0.330 e. The zero-order valence-electron chi connectivity index (χ0n) is 13.3. The summed E-state index contributed by atoms with van der Waals surface area (Å²) in [5, 5.41) is 0. The molecule has 1 aromatic heterocycles. The van der Waals surface area contributed by atoms with Gasteiger partial charge in [0.1, 0.15) is 18.5 Å². The minimum absolute atomic E-state index is 0.0771. The average molecular weight is 346 g/mol. The van der Waals surface area contributed by atoms with E-state index in [4.69, 9.17) is 9.47 Å². The number of hydrogen-bond acceptors (Lipinski definition) is 5. The maximum absolute atomic E-state index is 13.5. The summed E-state index contributed by atoms with van der Waals surface area (Å²) in [5.41, 5.74) is -0.0218. The molecular weight excluding hydrogens is 331 g/mol. The maximum atomic E-state index is 13.5. The number of ether oxygens (including phenoxy) is 2. The molecule has 1 aliphatic rings. The molecule has 0 fully saturated rings. The molecule has 1 aromatic carbocycles. The molecule has 0 amide bonds. The van der Waals surface area contributed by atoms with E-state index in [2.05, 4.69) is 4.98 Å². The van der Waals surface area contributed by atoms with Crippen LogP contribution in [0.15, 0.2) is 52.2 Å². The van der Waals surface area contributed by atoms with Gasteiger partial charge in [0.05, 0.1) is 0 Å². The van der Waals surface area contributed by atoms with Crippen LogP contribution in [0.2, 0.25) is 0 Å². The van der Waals surface area contributed by atoms with Crippen molar-refractivity contribution >= 4 is 11.5 Å². The van der Waals surface area contributed by atoms with E-state index in [1.807, 2.05) is 0 Å². The lowest BCUT2D eigenvalue weighted by Gasteiger charge is -2.17. The van der Waals surface area contributed by atoms with Crippen LogP contribution in [0.3, 0.4) is 0 Å². The van der Waals surface area contributed by atoms with Gasteiger partial charge in [-0.1, -0.05) is 12.1 Å². The van der Waals surface area contributed by atoms with Crippen molar-refractivity contribution in [2.45, 2.75) is 19.3 Å². The van der Waals surface area contributed by atoms with Gasteiger partial charge in [0.25, 0.3) is 5.56 Å². The molecule has 25 heavy (non-hydrogen) atoms. The molecule has 2 atom stereocenters. The average Bonchev–Trinajstić information content (AvgIpc) is 2.97. The Kier molecular flexibility index (Phi) is 4.62. The number of nitrogens with zero attached hydrogens (tertiary/aromatic N) is 1. The molecule has 3 rings (SSSR count). The quantitative estimate of drug-likeness (QED) is 0.841. The van der Waals surface area contributed by atoms with Gasteiger partial charge in [0.2, 0.25) is 0 Å². The van der Waals surface area contributed by atoms with Gasteiger partial charge in [-0.25, -0.2) is 9.18 Å². The Balaban J connectivity index is 1.98. The number of hydrogen-bond donors (Lipinski definition) is 1. The minimum atomic E-state index is -0.817. The van der Waals surface area contributed by atoms with Crippen molar-refractivity contribution in [1.82, 2.24) is 9.55 Å². The normalized spacial score (nSPS) is 19.5. The van der Waals surface area contributed by atoms with Crippen molar-refractivity contribution in [2.75, 3.05) is 6.61 Å². The Labute approximate surface area is 141 Å². The fraction of sp³-hybridized carbons (Fsp3) is 0.235. The first-order valence-electron chi connectivity index (χ1n) is 7.52. The van der Waals surface area contributed by atoms with Crippen LogP contribution in [-0.4, -0.2) is 28.2 Å². The first kappa shape index (κ1) is 16.8. The third kappa shape index (κ3) is 3.74. The molecule has 0 spiro atoms. The highest BCUT2D eigenvalue weighted by Crippen LogP contribution is 2.33. The Morgan fingerprint density at radius 1 is 1.36 bits per heavy atom. The fourth-order valence-corrected chi connectivity index (χ4v) is 2.59. The number of halogens is 1. The summed E-state index contributed by atoms with van der Waals surface area (Å²) in [6, 6.07) is 7.07. The highest BCUT2D eigenvalue weighted by molar-refractivity contribution is 5.72.